The number of hydrogen-bond acceptors (Lipinski definition) is 9. The first-order valence-electron chi connectivity index (χ1n) is 18.7. The van der Waals surface area contributed by atoms with Crippen LogP contribution in [0.5, 0.6) is 5.75 Å². The second-order valence-corrected chi connectivity index (χ2v) is 14.2. The van der Waals surface area contributed by atoms with E-state index in [0.717, 1.165) is 49.4 Å². The molecule has 0 bridgehead atoms. The molecule has 0 radical (unpaired) electrons. The molecule has 2 saturated heterocycles. The smallest absolute Gasteiger partial charge is 0.255 e. The first kappa shape index (κ1) is 39.7. The quantitative estimate of drug-likeness (QED) is 0.108. The average molecular weight is 795 g/mol. The lowest BCUT2D eigenvalue weighted by molar-refractivity contribution is -0.0206. The lowest BCUT2D eigenvalue weighted by Gasteiger charge is -2.37. The van der Waals surface area contributed by atoms with Crippen molar-refractivity contribution in [3.8, 4) is 5.75 Å². The van der Waals surface area contributed by atoms with E-state index in [4.69, 9.17) is 20.2 Å². The molecule has 1 amide bonds. The summed E-state index contributed by atoms with van der Waals surface area (Å²) >= 11 is 0. The van der Waals surface area contributed by atoms with E-state index in [1.807, 2.05) is 31.2 Å². The lowest BCUT2D eigenvalue weighted by Crippen LogP contribution is -2.46. The Kier molecular flexibility index (Phi) is 12.2. The average Bonchev–Trinajstić information content (AvgIpc) is 3.90. The number of nitrogen functional groups attached to an aromatic ring is 1. The van der Waals surface area contributed by atoms with Gasteiger partial charge >= 0.3 is 0 Å². The van der Waals surface area contributed by atoms with Gasteiger partial charge in [-0.2, -0.15) is 5.10 Å². The fourth-order valence-electron chi connectivity index (χ4n) is 7.07. The Morgan fingerprint density at radius 2 is 1.53 bits per heavy atom. The van der Waals surface area contributed by atoms with Crippen LogP contribution in [0.3, 0.4) is 0 Å². The number of ether oxygens (including phenoxy) is 2. The van der Waals surface area contributed by atoms with E-state index in [1.165, 1.54) is 67.0 Å². The highest BCUT2D eigenvalue weighted by Crippen LogP contribution is 2.42. The number of piperazine rings is 1. The van der Waals surface area contributed by atoms with Crippen molar-refractivity contribution < 1.29 is 31.8 Å². The van der Waals surface area contributed by atoms with E-state index in [0.29, 0.717) is 42.3 Å². The summed E-state index contributed by atoms with van der Waals surface area (Å²) < 4.78 is 68.0. The van der Waals surface area contributed by atoms with Crippen molar-refractivity contribution in [3.05, 3.63) is 156 Å². The molecule has 4 aromatic carbocycles. The van der Waals surface area contributed by atoms with Crippen LogP contribution in [-0.4, -0.2) is 65.0 Å². The van der Waals surface area contributed by atoms with Crippen LogP contribution in [0.2, 0.25) is 0 Å². The van der Waals surface area contributed by atoms with Crippen LogP contribution >= 0.6 is 0 Å². The van der Waals surface area contributed by atoms with Crippen molar-refractivity contribution in [2.45, 2.75) is 25.5 Å². The largest absolute Gasteiger partial charge is 0.491 e. The van der Waals surface area contributed by atoms with Crippen molar-refractivity contribution in [2.75, 3.05) is 60.2 Å². The monoisotopic (exact) mass is 794 g/mol. The third kappa shape index (κ3) is 9.72. The summed E-state index contributed by atoms with van der Waals surface area (Å²) in [5, 5.41) is 6.96. The molecule has 0 aliphatic carbocycles. The predicted molar refractivity (Wildman–Crippen MR) is 213 cm³/mol. The second kappa shape index (κ2) is 17.8. The number of aromatic nitrogens is 4. The molecule has 58 heavy (non-hydrogen) atoms. The molecule has 8 rings (SSSR count). The summed E-state index contributed by atoms with van der Waals surface area (Å²) in [6, 6.07) is 26.3. The number of carbonyl (C=O) groups excluding carboxylic acids is 1. The Morgan fingerprint density at radius 3 is 2.17 bits per heavy atom. The van der Waals surface area contributed by atoms with E-state index < -0.39 is 17.2 Å². The molecule has 0 saturated carbocycles. The number of anilines is 4. The number of hydrogen-bond donors (Lipinski definition) is 2. The molecule has 4 heterocycles. The topological polar surface area (TPSA) is 124 Å². The van der Waals surface area contributed by atoms with Gasteiger partial charge in [-0.3, -0.25) is 4.79 Å². The Bertz CT molecular complexity index is 2270. The zero-order chi connectivity index (χ0) is 40.6. The molecule has 2 atom stereocenters. The number of pyridine rings is 1. The van der Waals surface area contributed by atoms with Gasteiger partial charge in [0.15, 0.2) is 0 Å². The van der Waals surface area contributed by atoms with Crippen molar-refractivity contribution in [1.82, 2.24) is 19.7 Å². The first-order chi connectivity index (χ1) is 28.0. The van der Waals surface area contributed by atoms with Gasteiger partial charge in [-0.1, -0.05) is 6.07 Å². The van der Waals surface area contributed by atoms with E-state index >= 15 is 0 Å². The fraction of sp³-hybridized carbons (Fsp3) is 0.256. The highest BCUT2D eigenvalue weighted by molar-refractivity contribution is 6.04. The minimum absolute atomic E-state index is 0.0478. The van der Waals surface area contributed by atoms with Crippen LogP contribution in [0, 0.1) is 36.1 Å². The van der Waals surface area contributed by atoms with Gasteiger partial charge in [0.2, 0.25) is 0 Å². The van der Waals surface area contributed by atoms with Gasteiger partial charge in [0.05, 0.1) is 25.5 Å². The second-order valence-electron chi connectivity index (χ2n) is 14.2. The highest BCUT2D eigenvalue weighted by Gasteiger charge is 2.44. The van der Waals surface area contributed by atoms with Crippen LogP contribution in [0.1, 0.15) is 28.0 Å². The zero-order valence-electron chi connectivity index (χ0n) is 31.7. The molecule has 0 unspecified atom stereocenters. The number of carbonyl (C=O) groups is 1. The molecule has 3 N–H and O–H groups in total. The van der Waals surface area contributed by atoms with E-state index in [2.05, 4.69) is 25.2 Å². The normalized spacial score (nSPS) is 17.7. The Balaban J connectivity index is 0.000000573. The first-order valence-corrected chi connectivity index (χ1v) is 18.7. The number of benzene rings is 4. The minimum Gasteiger partial charge on any atom is -0.491 e. The van der Waals surface area contributed by atoms with Crippen molar-refractivity contribution in [1.29, 1.82) is 0 Å². The molecular formula is C43H42F4N8O3. The van der Waals surface area contributed by atoms with Gasteiger partial charge in [-0.25, -0.2) is 32.2 Å². The maximum Gasteiger partial charge on any atom is 0.255 e. The number of halogens is 4. The van der Waals surface area contributed by atoms with E-state index in [1.54, 1.807) is 23.1 Å². The number of aryl methyl sites for hydroxylation is 1. The maximum atomic E-state index is 15.0. The summed E-state index contributed by atoms with van der Waals surface area (Å²) in [6.45, 7) is 5.94. The predicted octanol–water partition coefficient (Wildman–Crippen LogP) is 7.40. The van der Waals surface area contributed by atoms with Crippen LogP contribution in [-0.2, 0) is 16.9 Å². The highest BCUT2D eigenvalue weighted by atomic mass is 19.1. The van der Waals surface area contributed by atoms with Gasteiger partial charge in [0.1, 0.15) is 53.1 Å². The SMILES string of the molecule is Cc1nc(N2CCN(c3ccc(C(=O)Nc4ccc(F)cc4)cc3)CC2)ccc1OC[C@@H]1CO[C@@](Cn2cncn2)(c2ccc(F)cc2F)C1.Nc1ccc(F)cc1. The van der Waals surface area contributed by atoms with Gasteiger partial charge in [-0.15, -0.1) is 0 Å². The molecule has 2 aliphatic rings. The molecule has 0 spiro atoms. The van der Waals surface area contributed by atoms with E-state index in [9.17, 15) is 22.4 Å². The summed E-state index contributed by atoms with van der Waals surface area (Å²) in [7, 11) is 0. The van der Waals surface area contributed by atoms with Crippen molar-refractivity contribution in [3.63, 3.8) is 0 Å². The van der Waals surface area contributed by atoms with Crippen LogP contribution in [0.15, 0.2) is 116 Å². The molecule has 11 nitrogen and oxygen atoms in total. The molecule has 6 aromatic rings. The van der Waals surface area contributed by atoms with Gasteiger partial charge < -0.3 is 30.3 Å². The Hall–Kier alpha value is -6.48. The zero-order valence-corrected chi connectivity index (χ0v) is 31.7. The minimum atomic E-state index is -1.04. The summed E-state index contributed by atoms with van der Waals surface area (Å²) in [4.78, 5) is 26.0. The maximum absolute atomic E-state index is 15.0. The summed E-state index contributed by atoms with van der Waals surface area (Å²) in [5.74, 6) is -0.688. The van der Waals surface area contributed by atoms with Crippen molar-refractivity contribution in [2.24, 2.45) is 5.92 Å². The lowest BCUT2D eigenvalue weighted by atomic mass is 9.87. The molecule has 300 valence electrons. The standard InChI is InChI=1S/C37H36F3N7O3.C6H6FN/c1-25-34(49-20-26-19-37(50-21-26,22-47-24-41-23-42-47)32-11-6-29(39)18-33(32)40)12-13-35(43-25)46-16-14-45(15-17-46)31-9-2-27(3-10-31)36(48)44-30-7-4-28(38)5-8-30;7-5-1-3-6(8)4-2-5/h2-13,18,23-24,26H,14-17,19-22H2,1H3,(H,44,48);1-4H,8H2/t26-,37+;/m1./s1. The van der Waals surface area contributed by atoms with Gasteiger partial charge in [0.25, 0.3) is 5.91 Å². The third-order valence-corrected chi connectivity index (χ3v) is 10.1. The number of nitrogens with two attached hydrogens (primary N) is 1. The fourth-order valence-corrected chi connectivity index (χ4v) is 7.07. The summed E-state index contributed by atoms with van der Waals surface area (Å²) in [6.07, 6.45) is 3.41. The molecular weight excluding hydrogens is 753 g/mol. The number of nitrogens with zero attached hydrogens (tertiary/aromatic N) is 6. The number of amides is 1. The molecule has 15 heteroatoms. The van der Waals surface area contributed by atoms with Crippen molar-refractivity contribution >= 4 is 28.8 Å². The Morgan fingerprint density at radius 1 is 0.862 bits per heavy atom. The van der Waals surface area contributed by atoms with Gasteiger partial charge in [0, 0.05) is 66.4 Å². The number of nitrogens with one attached hydrogen (secondary N) is 1. The van der Waals surface area contributed by atoms with Crippen LogP contribution in [0.4, 0.5) is 40.4 Å². The molecule has 2 fully saturated rings. The van der Waals surface area contributed by atoms with Crippen LogP contribution in [0.25, 0.3) is 0 Å². The third-order valence-electron chi connectivity index (χ3n) is 10.1. The Labute approximate surface area is 333 Å². The molecule has 2 aliphatic heterocycles. The van der Waals surface area contributed by atoms with Crippen LogP contribution < -0.4 is 25.6 Å². The summed E-state index contributed by atoms with van der Waals surface area (Å²) in [5.41, 5.74) is 7.93. The molecule has 2 aromatic heterocycles. The number of rotatable bonds is 10. The van der Waals surface area contributed by atoms with Gasteiger partial charge in [-0.05, 0) is 104 Å². The van der Waals surface area contributed by atoms with E-state index in [-0.39, 0.29) is 35.6 Å².